The third kappa shape index (κ3) is 2.34. The SMILES string of the molecule is Cn1nccc1-c1ccc2c(n1)n(C)c(=O)n2CC(C)(C)C. The molecule has 0 saturated carbocycles. The summed E-state index contributed by atoms with van der Waals surface area (Å²) in [6.07, 6.45) is 1.74. The first-order chi connectivity index (χ1) is 10.3. The Labute approximate surface area is 129 Å². The van der Waals surface area contributed by atoms with Gasteiger partial charge in [-0.2, -0.15) is 5.10 Å². The fraction of sp³-hybridized carbons (Fsp3) is 0.438. The Balaban J connectivity index is 2.21. The molecule has 0 atom stereocenters. The van der Waals surface area contributed by atoms with Crippen molar-refractivity contribution in [3.8, 4) is 11.4 Å². The highest BCUT2D eigenvalue weighted by Crippen LogP contribution is 2.22. The third-order valence-electron chi connectivity index (χ3n) is 3.70. The average molecular weight is 299 g/mol. The summed E-state index contributed by atoms with van der Waals surface area (Å²) >= 11 is 0. The van der Waals surface area contributed by atoms with Crippen molar-refractivity contribution in [3.63, 3.8) is 0 Å². The van der Waals surface area contributed by atoms with E-state index in [1.807, 2.05) is 25.2 Å². The molecule has 0 aliphatic carbocycles. The Morgan fingerprint density at radius 1 is 1.14 bits per heavy atom. The van der Waals surface area contributed by atoms with Crippen LogP contribution in [-0.2, 0) is 20.6 Å². The van der Waals surface area contributed by atoms with Gasteiger partial charge in [-0.25, -0.2) is 9.78 Å². The number of aryl methyl sites for hydroxylation is 2. The molecule has 0 saturated heterocycles. The average Bonchev–Trinajstić information content (AvgIpc) is 2.95. The van der Waals surface area contributed by atoms with E-state index >= 15 is 0 Å². The largest absolute Gasteiger partial charge is 0.330 e. The van der Waals surface area contributed by atoms with Crippen molar-refractivity contribution in [3.05, 3.63) is 34.9 Å². The van der Waals surface area contributed by atoms with Crippen LogP contribution >= 0.6 is 0 Å². The number of rotatable bonds is 2. The maximum atomic E-state index is 12.5. The summed E-state index contributed by atoms with van der Waals surface area (Å²) in [7, 11) is 3.65. The molecule has 0 radical (unpaired) electrons. The molecule has 0 unspecified atom stereocenters. The van der Waals surface area contributed by atoms with Gasteiger partial charge in [0, 0.05) is 26.8 Å². The van der Waals surface area contributed by atoms with Crippen LogP contribution in [0.1, 0.15) is 20.8 Å². The Morgan fingerprint density at radius 3 is 2.45 bits per heavy atom. The molecule has 0 spiro atoms. The van der Waals surface area contributed by atoms with Gasteiger partial charge in [0.2, 0.25) is 0 Å². The van der Waals surface area contributed by atoms with E-state index in [1.54, 1.807) is 27.1 Å². The van der Waals surface area contributed by atoms with E-state index in [-0.39, 0.29) is 11.1 Å². The molecule has 0 aliphatic heterocycles. The lowest BCUT2D eigenvalue weighted by Gasteiger charge is -2.18. The zero-order chi connectivity index (χ0) is 16.1. The fourth-order valence-corrected chi connectivity index (χ4v) is 2.67. The van der Waals surface area contributed by atoms with Gasteiger partial charge >= 0.3 is 5.69 Å². The van der Waals surface area contributed by atoms with E-state index in [9.17, 15) is 4.79 Å². The fourth-order valence-electron chi connectivity index (χ4n) is 2.67. The lowest BCUT2D eigenvalue weighted by Crippen LogP contribution is -2.27. The van der Waals surface area contributed by atoms with Gasteiger partial charge in [0.1, 0.15) is 0 Å². The molecular weight excluding hydrogens is 278 g/mol. The number of fused-ring (bicyclic) bond motifs is 1. The maximum Gasteiger partial charge on any atom is 0.330 e. The maximum absolute atomic E-state index is 12.5. The lowest BCUT2D eigenvalue weighted by molar-refractivity contribution is 0.342. The quantitative estimate of drug-likeness (QED) is 0.729. The Bertz CT molecular complexity index is 892. The lowest BCUT2D eigenvalue weighted by atomic mass is 9.97. The molecule has 6 heteroatoms. The molecular formula is C16H21N5O. The molecule has 3 heterocycles. The number of aromatic nitrogens is 5. The normalized spacial score (nSPS) is 12.2. The van der Waals surface area contributed by atoms with Gasteiger partial charge in [-0.1, -0.05) is 20.8 Å². The number of hydrogen-bond acceptors (Lipinski definition) is 3. The van der Waals surface area contributed by atoms with Gasteiger partial charge in [0.15, 0.2) is 5.65 Å². The summed E-state index contributed by atoms with van der Waals surface area (Å²) < 4.78 is 5.19. The van der Waals surface area contributed by atoms with Crippen LogP contribution in [0.2, 0.25) is 0 Å². The summed E-state index contributed by atoms with van der Waals surface area (Å²) in [6.45, 7) is 7.02. The van der Waals surface area contributed by atoms with Crippen LogP contribution in [0.4, 0.5) is 0 Å². The molecule has 0 aromatic carbocycles. The van der Waals surface area contributed by atoms with Crippen molar-refractivity contribution in [1.82, 2.24) is 23.9 Å². The number of nitrogens with zero attached hydrogens (tertiary/aromatic N) is 5. The van der Waals surface area contributed by atoms with Crippen molar-refractivity contribution in [2.24, 2.45) is 19.5 Å². The number of pyridine rings is 1. The molecule has 0 N–H and O–H groups in total. The first kappa shape index (κ1) is 14.6. The van der Waals surface area contributed by atoms with Crippen LogP contribution in [0.15, 0.2) is 29.2 Å². The molecule has 22 heavy (non-hydrogen) atoms. The van der Waals surface area contributed by atoms with Crippen LogP contribution < -0.4 is 5.69 Å². The highest BCUT2D eigenvalue weighted by molar-refractivity contribution is 5.75. The molecule has 0 aliphatic rings. The molecule has 3 aromatic heterocycles. The van der Waals surface area contributed by atoms with Crippen molar-refractivity contribution in [2.75, 3.05) is 0 Å². The van der Waals surface area contributed by atoms with Gasteiger partial charge in [0.25, 0.3) is 0 Å². The van der Waals surface area contributed by atoms with E-state index in [2.05, 4.69) is 30.9 Å². The zero-order valence-corrected chi connectivity index (χ0v) is 13.7. The van der Waals surface area contributed by atoms with Gasteiger partial charge < -0.3 is 0 Å². The van der Waals surface area contributed by atoms with Crippen LogP contribution in [0, 0.1) is 5.41 Å². The summed E-state index contributed by atoms with van der Waals surface area (Å²) in [5, 5.41) is 4.17. The van der Waals surface area contributed by atoms with E-state index in [1.165, 1.54) is 0 Å². The highest BCUT2D eigenvalue weighted by Gasteiger charge is 2.19. The van der Waals surface area contributed by atoms with Gasteiger partial charge in [-0.05, 0) is 23.6 Å². The topological polar surface area (TPSA) is 57.6 Å². The molecule has 0 amide bonds. The Hall–Kier alpha value is -2.37. The second kappa shape index (κ2) is 4.83. The van der Waals surface area contributed by atoms with Crippen molar-refractivity contribution >= 4 is 11.2 Å². The Morgan fingerprint density at radius 2 is 1.86 bits per heavy atom. The van der Waals surface area contributed by atoms with Crippen molar-refractivity contribution in [2.45, 2.75) is 27.3 Å². The first-order valence-corrected chi connectivity index (χ1v) is 7.32. The minimum Gasteiger partial charge on any atom is -0.290 e. The molecule has 0 bridgehead atoms. The van der Waals surface area contributed by atoms with Gasteiger partial charge in [-0.3, -0.25) is 13.8 Å². The first-order valence-electron chi connectivity index (χ1n) is 7.32. The van der Waals surface area contributed by atoms with E-state index in [0.29, 0.717) is 12.2 Å². The van der Waals surface area contributed by atoms with Crippen LogP contribution in [0.5, 0.6) is 0 Å². The molecule has 116 valence electrons. The van der Waals surface area contributed by atoms with Crippen LogP contribution in [0.3, 0.4) is 0 Å². The molecule has 6 nitrogen and oxygen atoms in total. The van der Waals surface area contributed by atoms with E-state index in [4.69, 9.17) is 0 Å². The van der Waals surface area contributed by atoms with Gasteiger partial charge in [-0.15, -0.1) is 0 Å². The monoisotopic (exact) mass is 299 g/mol. The molecule has 0 fully saturated rings. The number of imidazole rings is 1. The van der Waals surface area contributed by atoms with Crippen molar-refractivity contribution in [1.29, 1.82) is 0 Å². The molecule has 3 rings (SSSR count). The third-order valence-corrected chi connectivity index (χ3v) is 3.70. The van der Waals surface area contributed by atoms with E-state index in [0.717, 1.165) is 16.9 Å². The highest BCUT2D eigenvalue weighted by atomic mass is 16.1. The second-order valence-corrected chi connectivity index (χ2v) is 6.87. The van der Waals surface area contributed by atoms with Crippen LogP contribution in [-0.4, -0.2) is 23.9 Å². The Kier molecular flexibility index (Phi) is 3.20. The second-order valence-electron chi connectivity index (χ2n) is 6.87. The standard InChI is InChI=1S/C16H21N5O/c1-16(2,3)10-21-13-7-6-11(12-8-9-17-20(12)5)18-14(13)19(4)15(21)22/h6-9H,10H2,1-5H3. The van der Waals surface area contributed by atoms with Crippen LogP contribution in [0.25, 0.3) is 22.6 Å². The predicted molar refractivity (Wildman–Crippen MR) is 86.6 cm³/mol. The summed E-state index contributed by atoms with van der Waals surface area (Å²) in [4.78, 5) is 17.2. The van der Waals surface area contributed by atoms with Gasteiger partial charge in [0.05, 0.1) is 16.9 Å². The number of hydrogen-bond donors (Lipinski definition) is 0. The van der Waals surface area contributed by atoms with Crippen molar-refractivity contribution < 1.29 is 0 Å². The smallest absolute Gasteiger partial charge is 0.290 e. The minimum atomic E-state index is -0.0282. The summed E-state index contributed by atoms with van der Waals surface area (Å²) in [6, 6.07) is 5.83. The summed E-state index contributed by atoms with van der Waals surface area (Å²) in [5.41, 5.74) is 3.31. The predicted octanol–water partition coefficient (Wildman–Crippen LogP) is 2.18. The zero-order valence-electron chi connectivity index (χ0n) is 13.7. The minimum absolute atomic E-state index is 0.0266. The molecule has 3 aromatic rings. The summed E-state index contributed by atoms with van der Waals surface area (Å²) in [5.74, 6) is 0. The van der Waals surface area contributed by atoms with E-state index < -0.39 is 0 Å².